The lowest BCUT2D eigenvalue weighted by molar-refractivity contribution is -0.139. The van der Waals surface area contributed by atoms with Crippen molar-refractivity contribution < 1.29 is 28.6 Å². The van der Waals surface area contributed by atoms with Gasteiger partial charge in [0.25, 0.3) is 5.91 Å². The summed E-state index contributed by atoms with van der Waals surface area (Å²) in [6.45, 7) is 5.83. The van der Waals surface area contributed by atoms with Crippen LogP contribution in [0, 0.1) is 6.92 Å². The minimum absolute atomic E-state index is 0.186. The number of allylic oxidation sites excluding steroid dienone is 1. The molecule has 12 heteroatoms. The zero-order valence-corrected chi connectivity index (χ0v) is 26.6. The molecule has 1 aromatic heterocycles. The fourth-order valence-electron chi connectivity index (χ4n) is 5.39. The van der Waals surface area contributed by atoms with Gasteiger partial charge < -0.3 is 29.4 Å². The Balaban J connectivity index is 1.27. The number of urea groups is 1. The van der Waals surface area contributed by atoms with E-state index >= 15 is 0 Å². The van der Waals surface area contributed by atoms with Crippen molar-refractivity contribution in [2.24, 2.45) is 5.10 Å². The number of ether oxygens (including phenoxy) is 3. The molecule has 0 spiro atoms. The summed E-state index contributed by atoms with van der Waals surface area (Å²) < 4.78 is 18.6. The Hall–Kier alpha value is -5.29. The molecule has 0 fully saturated rings. The van der Waals surface area contributed by atoms with Crippen molar-refractivity contribution in [3.05, 3.63) is 105 Å². The van der Waals surface area contributed by atoms with Crippen molar-refractivity contribution in [1.82, 2.24) is 20.6 Å². The molecule has 0 bridgehead atoms. The van der Waals surface area contributed by atoms with E-state index in [1.165, 1.54) is 7.11 Å². The molecule has 1 aliphatic rings. The van der Waals surface area contributed by atoms with E-state index in [0.29, 0.717) is 34.3 Å². The number of esters is 1. The minimum Gasteiger partial charge on any atom is -0.493 e. The van der Waals surface area contributed by atoms with Crippen LogP contribution in [0.4, 0.5) is 4.79 Å². The highest BCUT2D eigenvalue weighted by Crippen LogP contribution is 2.34. The Morgan fingerprint density at radius 1 is 1.07 bits per heavy atom. The lowest BCUT2D eigenvalue weighted by Gasteiger charge is -2.28. The molecule has 238 valence electrons. The first-order valence-corrected chi connectivity index (χ1v) is 15.0. The van der Waals surface area contributed by atoms with E-state index < -0.39 is 23.9 Å². The number of hydrazone groups is 1. The summed E-state index contributed by atoms with van der Waals surface area (Å²) in [5.74, 6) is -0.416. The lowest BCUT2D eigenvalue weighted by Crippen LogP contribution is -2.45. The van der Waals surface area contributed by atoms with Crippen molar-refractivity contribution in [3.8, 4) is 11.5 Å². The van der Waals surface area contributed by atoms with Gasteiger partial charge in [0.1, 0.15) is 0 Å². The van der Waals surface area contributed by atoms with E-state index in [9.17, 15) is 14.4 Å². The molecule has 3 aromatic carbocycles. The second-order valence-electron chi connectivity index (χ2n) is 10.5. The Bertz CT molecular complexity index is 1860. The van der Waals surface area contributed by atoms with Crippen LogP contribution >= 0.6 is 11.6 Å². The van der Waals surface area contributed by atoms with E-state index in [1.54, 1.807) is 38.3 Å². The topological polar surface area (TPSA) is 132 Å². The number of carbonyl (C=O) groups is 3. The van der Waals surface area contributed by atoms with Crippen LogP contribution in [0.2, 0.25) is 5.02 Å². The van der Waals surface area contributed by atoms with Crippen molar-refractivity contribution in [3.63, 3.8) is 0 Å². The quantitative estimate of drug-likeness (QED) is 0.114. The molecule has 1 aliphatic heterocycles. The van der Waals surface area contributed by atoms with Crippen LogP contribution in [-0.4, -0.2) is 49.0 Å². The monoisotopic (exact) mass is 643 g/mol. The summed E-state index contributed by atoms with van der Waals surface area (Å²) in [6.07, 6.45) is 1.63. The van der Waals surface area contributed by atoms with Gasteiger partial charge in [-0.15, -0.1) is 0 Å². The molecule has 2 heterocycles. The molecule has 5 rings (SSSR count). The molecule has 0 saturated heterocycles. The van der Waals surface area contributed by atoms with E-state index in [1.807, 2.05) is 55.5 Å². The Labute approximate surface area is 271 Å². The molecule has 0 aliphatic carbocycles. The molecule has 4 aromatic rings. The Kier molecular flexibility index (Phi) is 9.92. The zero-order valence-electron chi connectivity index (χ0n) is 25.8. The minimum atomic E-state index is -0.770. The summed E-state index contributed by atoms with van der Waals surface area (Å²) in [7, 11) is 1.45. The number of hydrogen-bond acceptors (Lipinski definition) is 7. The van der Waals surface area contributed by atoms with Crippen LogP contribution in [0.15, 0.2) is 83.1 Å². The number of hydrogen-bond donors (Lipinski definition) is 3. The number of rotatable bonds is 11. The van der Waals surface area contributed by atoms with Crippen molar-refractivity contribution in [1.29, 1.82) is 0 Å². The normalized spacial score (nSPS) is 14.6. The summed E-state index contributed by atoms with van der Waals surface area (Å²) in [5.41, 5.74) is 7.74. The zero-order chi connectivity index (χ0) is 32.8. The standard InChI is InChI=1S/C34H34ClN5O6/c1-5-45-33(42)31-20(2)37-34(43)38-32(31)23-13-14-28(29(16-23)44-4)46-19-30(41)39-36-17-26-21(3)40(27-12-7-6-11-25(26)27)18-22-9-8-10-24(35)15-22/h6-17,32H,5,18-19H2,1-4H3,(H,39,41)(H2,37,38,43)/b36-17+/t32-/m1/s1. The highest BCUT2D eigenvalue weighted by atomic mass is 35.5. The molecule has 3 N–H and O–H groups in total. The van der Waals surface area contributed by atoms with Crippen LogP contribution in [0.25, 0.3) is 10.9 Å². The SMILES string of the molecule is CCOC(=O)C1=C(C)NC(=O)N[C@@H]1c1ccc(OCC(=O)N/N=C/c2c(C)n(Cc3cccc(Cl)c3)c3ccccc23)c(OC)c1. The smallest absolute Gasteiger partial charge is 0.338 e. The second kappa shape index (κ2) is 14.2. The van der Waals surface area contributed by atoms with Crippen LogP contribution in [0.3, 0.4) is 0 Å². The average Bonchev–Trinajstić information content (AvgIpc) is 3.29. The van der Waals surface area contributed by atoms with E-state index in [0.717, 1.165) is 27.7 Å². The van der Waals surface area contributed by atoms with Gasteiger partial charge in [0.15, 0.2) is 18.1 Å². The molecular formula is C34H34ClN5O6. The number of nitrogens with one attached hydrogen (secondary N) is 3. The molecule has 0 unspecified atom stereocenters. The Morgan fingerprint density at radius 3 is 2.63 bits per heavy atom. The molecule has 1 atom stereocenters. The van der Waals surface area contributed by atoms with E-state index in [4.69, 9.17) is 25.8 Å². The number of carbonyl (C=O) groups excluding carboxylic acids is 3. The maximum Gasteiger partial charge on any atom is 0.338 e. The third-order valence-corrected chi connectivity index (χ3v) is 7.77. The fraction of sp³-hybridized carbons (Fsp3) is 0.235. The molecule has 0 radical (unpaired) electrons. The van der Waals surface area contributed by atoms with Crippen molar-refractivity contribution in [2.45, 2.75) is 33.4 Å². The third kappa shape index (κ3) is 7.00. The first-order chi connectivity index (χ1) is 22.2. The van der Waals surface area contributed by atoms with Gasteiger partial charge in [0.2, 0.25) is 0 Å². The molecule has 0 saturated carbocycles. The van der Waals surface area contributed by atoms with Crippen LogP contribution in [0.1, 0.15) is 42.3 Å². The number of nitrogens with zero attached hydrogens (tertiary/aromatic N) is 2. The van der Waals surface area contributed by atoms with Crippen LogP contribution in [-0.2, 0) is 20.9 Å². The number of amides is 3. The Morgan fingerprint density at radius 2 is 1.87 bits per heavy atom. The first kappa shape index (κ1) is 32.1. The number of methoxy groups -OCH3 is 1. The van der Waals surface area contributed by atoms with Gasteiger partial charge in [0, 0.05) is 39.4 Å². The largest absolute Gasteiger partial charge is 0.493 e. The highest BCUT2D eigenvalue weighted by Gasteiger charge is 2.32. The predicted molar refractivity (Wildman–Crippen MR) is 175 cm³/mol. The molecule has 46 heavy (non-hydrogen) atoms. The third-order valence-electron chi connectivity index (χ3n) is 7.54. The van der Waals surface area contributed by atoms with Crippen molar-refractivity contribution in [2.75, 3.05) is 20.3 Å². The molecule has 3 amide bonds. The number of benzene rings is 3. The van der Waals surface area contributed by atoms with Gasteiger partial charge in [0.05, 0.1) is 31.5 Å². The number of halogens is 1. The summed E-state index contributed by atoms with van der Waals surface area (Å²) in [5, 5.41) is 11.2. The maximum atomic E-state index is 12.7. The molecular weight excluding hydrogens is 610 g/mol. The van der Waals surface area contributed by atoms with Gasteiger partial charge in [-0.25, -0.2) is 15.0 Å². The van der Waals surface area contributed by atoms with Gasteiger partial charge in [-0.3, -0.25) is 4.79 Å². The second-order valence-corrected chi connectivity index (χ2v) is 11.0. The number of para-hydroxylation sites is 1. The maximum absolute atomic E-state index is 12.7. The summed E-state index contributed by atoms with van der Waals surface area (Å²) in [4.78, 5) is 37.5. The molecule has 11 nitrogen and oxygen atoms in total. The van der Waals surface area contributed by atoms with E-state index in [2.05, 4.69) is 25.7 Å². The van der Waals surface area contributed by atoms with E-state index in [-0.39, 0.29) is 18.8 Å². The summed E-state index contributed by atoms with van der Waals surface area (Å²) >= 11 is 6.21. The average molecular weight is 644 g/mol. The highest BCUT2D eigenvalue weighted by molar-refractivity contribution is 6.30. The van der Waals surface area contributed by atoms with Gasteiger partial charge in [-0.2, -0.15) is 5.10 Å². The van der Waals surface area contributed by atoms with Gasteiger partial charge in [-0.05, 0) is 62.2 Å². The predicted octanol–water partition coefficient (Wildman–Crippen LogP) is 5.38. The fourth-order valence-corrected chi connectivity index (χ4v) is 5.61. The number of fused-ring (bicyclic) bond motifs is 1. The lowest BCUT2D eigenvalue weighted by atomic mass is 9.95. The first-order valence-electron chi connectivity index (χ1n) is 14.6. The van der Waals surface area contributed by atoms with Crippen LogP contribution < -0.4 is 25.5 Å². The van der Waals surface area contributed by atoms with Crippen molar-refractivity contribution >= 4 is 46.6 Å². The number of aromatic nitrogens is 1. The van der Waals surface area contributed by atoms with Gasteiger partial charge >= 0.3 is 12.0 Å². The summed E-state index contributed by atoms with van der Waals surface area (Å²) in [6, 6.07) is 19.4. The van der Waals surface area contributed by atoms with Gasteiger partial charge in [-0.1, -0.05) is 48.0 Å². The van der Waals surface area contributed by atoms with Crippen LogP contribution in [0.5, 0.6) is 11.5 Å².